The van der Waals surface area contributed by atoms with Crippen LogP contribution in [0.4, 0.5) is 15.8 Å². The largest absolute Gasteiger partial charge is 0.319 e. The summed E-state index contributed by atoms with van der Waals surface area (Å²) < 4.78 is 42.0. The van der Waals surface area contributed by atoms with E-state index in [1.807, 2.05) is 6.07 Å². The van der Waals surface area contributed by atoms with Crippen LogP contribution in [0.1, 0.15) is 21.5 Å². The van der Waals surface area contributed by atoms with Gasteiger partial charge >= 0.3 is 0 Å². The molecular weight excluding hydrogens is 379 g/mol. The predicted octanol–water partition coefficient (Wildman–Crippen LogP) is 4.50. The maximum atomic E-state index is 13.8. The Bertz CT molecular complexity index is 1140. The summed E-state index contributed by atoms with van der Waals surface area (Å²) in [4.78, 5) is 12.8. The van der Waals surface area contributed by atoms with Crippen molar-refractivity contribution in [3.05, 3.63) is 89.2 Å². The van der Waals surface area contributed by atoms with E-state index in [0.717, 1.165) is 5.56 Å². The fourth-order valence-electron chi connectivity index (χ4n) is 2.72. The van der Waals surface area contributed by atoms with Crippen LogP contribution < -0.4 is 10.0 Å². The average molecular weight is 398 g/mol. The molecule has 0 heterocycles. The Morgan fingerprint density at radius 1 is 0.893 bits per heavy atom. The Labute approximate surface area is 163 Å². The van der Waals surface area contributed by atoms with Crippen molar-refractivity contribution in [1.82, 2.24) is 0 Å². The Kier molecular flexibility index (Phi) is 5.46. The third-order valence-electron chi connectivity index (χ3n) is 4.17. The lowest BCUT2D eigenvalue weighted by Crippen LogP contribution is -2.19. The van der Waals surface area contributed by atoms with Gasteiger partial charge in [-0.25, -0.2) is 12.8 Å². The van der Waals surface area contributed by atoms with Crippen molar-refractivity contribution >= 4 is 27.3 Å². The highest BCUT2D eigenvalue weighted by Gasteiger charge is 2.21. The van der Waals surface area contributed by atoms with E-state index in [4.69, 9.17) is 0 Å². The van der Waals surface area contributed by atoms with Gasteiger partial charge in [-0.1, -0.05) is 36.4 Å². The van der Waals surface area contributed by atoms with E-state index >= 15 is 0 Å². The Hall–Kier alpha value is -3.19. The second kappa shape index (κ2) is 7.82. The number of para-hydroxylation sites is 2. The number of aryl methyl sites for hydroxylation is 2. The van der Waals surface area contributed by atoms with Crippen LogP contribution in [0.2, 0.25) is 0 Å². The molecule has 0 unspecified atom stereocenters. The molecule has 3 aromatic rings. The molecule has 0 spiro atoms. The standard InChI is InChI=1S/C21H19FN2O3S/c1-14-11-12-15(2)20(13-14)28(26,27)24-18-9-5-3-7-16(18)21(25)23-19-10-6-4-8-17(19)22/h3-13,24H,1-2H3,(H,23,25). The second-order valence-electron chi connectivity index (χ2n) is 6.35. The summed E-state index contributed by atoms with van der Waals surface area (Å²) in [5.41, 5.74) is 1.60. The predicted molar refractivity (Wildman–Crippen MR) is 108 cm³/mol. The third-order valence-corrected chi connectivity index (χ3v) is 5.68. The number of carbonyl (C=O) groups excluding carboxylic acids is 1. The monoisotopic (exact) mass is 398 g/mol. The van der Waals surface area contributed by atoms with E-state index in [1.54, 1.807) is 44.2 Å². The summed E-state index contributed by atoms with van der Waals surface area (Å²) in [6, 6.07) is 17.0. The molecule has 2 N–H and O–H groups in total. The molecule has 0 aromatic heterocycles. The number of nitrogens with one attached hydrogen (secondary N) is 2. The van der Waals surface area contributed by atoms with Gasteiger partial charge in [0.05, 0.1) is 21.8 Å². The first-order chi connectivity index (χ1) is 13.3. The fraction of sp³-hybridized carbons (Fsp3) is 0.0952. The molecular formula is C21H19FN2O3S. The number of hydrogen-bond donors (Lipinski definition) is 2. The van der Waals surface area contributed by atoms with Crippen molar-refractivity contribution in [2.24, 2.45) is 0 Å². The number of rotatable bonds is 5. The highest BCUT2D eigenvalue weighted by molar-refractivity contribution is 7.92. The van der Waals surface area contributed by atoms with Crippen LogP contribution in [0.5, 0.6) is 0 Å². The van der Waals surface area contributed by atoms with Gasteiger partial charge in [-0.3, -0.25) is 9.52 Å². The molecule has 0 aliphatic rings. The van der Waals surface area contributed by atoms with Crippen LogP contribution in [0, 0.1) is 19.7 Å². The topological polar surface area (TPSA) is 75.3 Å². The van der Waals surface area contributed by atoms with E-state index in [9.17, 15) is 17.6 Å². The number of anilines is 2. The quantitative estimate of drug-likeness (QED) is 0.665. The van der Waals surface area contributed by atoms with Gasteiger partial charge in [0.1, 0.15) is 5.82 Å². The first kappa shape index (κ1) is 19.6. The van der Waals surface area contributed by atoms with Crippen LogP contribution >= 0.6 is 0 Å². The summed E-state index contributed by atoms with van der Waals surface area (Å²) >= 11 is 0. The van der Waals surface area contributed by atoms with Gasteiger partial charge in [0, 0.05) is 0 Å². The van der Waals surface area contributed by atoms with E-state index in [2.05, 4.69) is 10.0 Å². The number of benzene rings is 3. The van der Waals surface area contributed by atoms with Crippen molar-refractivity contribution < 1.29 is 17.6 Å². The molecule has 0 saturated heterocycles. The molecule has 28 heavy (non-hydrogen) atoms. The van der Waals surface area contributed by atoms with Crippen molar-refractivity contribution in [2.45, 2.75) is 18.7 Å². The molecule has 3 rings (SSSR count). The van der Waals surface area contributed by atoms with Gasteiger partial charge in [0.15, 0.2) is 0 Å². The molecule has 0 aliphatic carbocycles. The van der Waals surface area contributed by atoms with E-state index in [1.165, 1.54) is 30.3 Å². The zero-order valence-electron chi connectivity index (χ0n) is 15.4. The van der Waals surface area contributed by atoms with E-state index in [-0.39, 0.29) is 21.8 Å². The van der Waals surface area contributed by atoms with Crippen LogP contribution in [-0.2, 0) is 10.0 Å². The molecule has 144 valence electrons. The number of halogens is 1. The molecule has 3 aromatic carbocycles. The van der Waals surface area contributed by atoms with Crippen LogP contribution in [0.25, 0.3) is 0 Å². The van der Waals surface area contributed by atoms with Gasteiger partial charge in [-0.15, -0.1) is 0 Å². The zero-order valence-corrected chi connectivity index (χ0v) is 16.2. The molecule has 1 amide bonds. The Morgan fingerprint density at radius 2 is 1.54 bits per heavy atom. The molecule has 0 atom stereocenters. The van der Waals surface area contributed by atoms with Gasteiger partial charge < -0.3 is 5.32 Å². The van der Waals surface area contributed by atoms with Crippen LogP contribution in [-0.4, -0.2) is 14.3 Å². The first-order valence-corrected chi connectivity index (χ1v) is 10.0. The smallest absolute Gasteiger partial charge is 0.262 e. The molecule has 0 bridgehead atoms. The maximum Gasteiger partial charge on any atom is 0.262 e. The Balaban J connectivity index is 1.93. The minimum Gasteiger partial charge on any atom is -0.319 e. The van der Waals surface area contributed by atoms with Crippen LogP contribution in [0.15, 0.2) is 71.6 Å². The lowest BCUT2D eigenvalue weighted by atomic mass is 10.1. The lowest BCUT2D eigenvalue weighted by Gasteiger charge is -2.14. The number of amides is 1. The Morgan fingerprint density at radius 3 is 2.25 bits per heavy atom. The maximum absolute atomic E-state index is 13.8. The molecule has 0 fully saturated rings. The van der Waals surface area contributed by atoms with Crippen molar-refractivity contribution in [3.8, 4) is 0 Å². The normalized spacial score (nSPS) is 11.1. The number of carbonyl (C=O) groups is 1. The molecule has 0 radical (unpaired) electrons. The number of sulfonamides is 1. The van der Waals surface area contributed by atoms with Gasteiger partial charge in [0.2, 0.25) is 0 Å². The minimum absolute atomic E-state index is 0.0136. The molecule has 5 nitrogen and oxygen atoms in total. The lowest BCUT2D eigenvalue weighted by molar-refractivity contribution is 0.102. The van der Waals surface area contributed by atoms with E-state index in [0.29, 0.717) is 5.56 Å². The average Bonchev–Trinajstić information content (AvgIpc) is 2.65. The second-order valence-corrected chi connectivity index (χ2v) is 8.00. The number of hydrogen-bond acceptors (Lipinski definition) is 3. The van der Waals surface area contributed by atoms with Gasteiger partial charge in [-0.2, -0.15) is 0 Å². The fourth-order valence-corrected chi connectivity index (χ4v) is 4.13. The van der Waals surface area contributed by atoms with Gasteiger partial charge in [-0.05, 0) is 55.3 Å². The molecule has 7 heteroatoms. The van der Waals surface area contributed by atoms with Crippen molar-refractivity contribution in [3.63, 3.8) is 0 Å². The molecule has 0 saturated carbocycles. The van der Waals surface area contributed by atoms with Crippen LogP contribution in [0.3, 0.4) is 0 Å². The summed E-state index contributed by atoms with van der Waals surface area (Å²) in [5, 5.41) is 2.46. The first-order valence-electron chi connectivity index (χ1n) is 8.53. The third kappa shape index (κ3) is 4.20. The highest BCUT2D eigenvalue weighted by atomic mass is 32.2. The zero-order chi connectivity index (χ0) is 20.3. The minimum atomic E-state index is -3.91. The van der Waals surface area contributed by atoms with Crippen molar-refractivity contribution in [1.29, 1.82) is 0 Å². The van der Waals surface area contributed by atoms with Gasteiger partial charge in [0.25, 0.3) is 15.9 Å². The summed E-state index contributed by atoms with van der Waals surface area (Å²) in [7, 11) is -3.91. The molecule has 0 aliphatic heterocycles. The summed E-state index contributed by atoms with van der Waals surface area (Å²) in [6.07, 6.45) is 0. The SMILES string of the molecule is Cc1ccc(C)c(S(=O)(=O)Nc2ccccc2C(=O)Nc2ccccc2F)c1. The van der Waals surface area contributed by atoms with E-state index < -0.39 is 21.7 Å². The highest BCUT2D eigenvalue weighted by Crippen LogP contribution is 2.24. The summed E-state index contributed by atoms with van der Waals surface area (Å²) in [5.74, 6) is -1.20. The van der Waals surface area contributed by atoms with Crippen molar-refractivity contribution in [2.75, 3.05) is 10.0 Å². The summed E-state index contributed by atoms with van der Waals surface area (Å²) in [6.45, 7) is 3.50.